The maximum atomic E-state index is 13.1. The third-order valence-electron chi connectivity index (χ3n) is 6.00. The molecule has 34 heavy (non-hydrogen) atoms. The monoisotopic (exact) mass is 460 g/mol. The van der Waals surface area contributed by atoms with E-state index < -0.39 is 23.8 Å². The molecule has 0 aliphatic heterocycles. The van der Waals surface area contributed by atoms with Crippen LogP contribution in [0.1, 0.15) is 33.4 Å². The van der Waals surface area contributed by atoms with Crippen molar-refractivity contribution in [2.75, 3.05) is 0 Å². The number of esters is 3. The van der Waals surface area contributed by atoms with Crippen LogP contribution in [-0.4, -0.2) is 17.9 Å². The van der Waals surface area contributed by atoms with E-state index in [4.69, 9.17) is 14.2 Å². The lowest BCUT2D eigenvalue weighted by Gasteiger charge is -2.17. The molecule has 0 amide bonds. The third kappa shape index (κ3) is 5.34. The molecule has 0 bridgehead atoms. The van der Waals surface area contributed by atoms with Crippen molar-refractivity contribution in [1.29, 1.82) is 0 Å². The van der Waals surface area contributed by atoms with Gasteiger partial charge in [0.25, 0.3) is 5.92 Å². The van der Waals surface area contributed by atoms with Crippen molar-refractivity contribution in [3.05, 3.63) is 88.0 Å². The van der Waals surface area contributed by atoms with E-state index in [0.29, 0.717) is 0 Å². The fourth-order valence-corrected chi connectivity index (χ4v) is 3.29. The Balaban J connectivity index is 1.94. The normalized spacial score (nSPS) is 10.7. The van der Waals surface area contributed by atoms with E-state index in [-0.39, 0.29) is 17.2 Å². The Kier molecular flexibility index (Phi) is 7.51. The summed E-state index contributed by atoms with van der Waals surface area (Å²) in [4.78, 5) is 39.4. The SMILES string of the molecule is Cc1cccc(OC(=O)C(C(=O)Oc2cccc(C)c2C)C(=O)Oc2cccc(C)c2C)c1C. The lowest BCUT2D eigenvalue weighted by atomic mass is 10.1. The predicted octanol–water partition coefficient (Wildman–Crippen LogP) is 5.27. The van der Waals surface area contributed by atoms with Crippen LogP contribution in [0.25, 0.3) is 0 Å². The van der Waals surface area contributed by atoms with Gasteiger partial charge in [0.05, 0.1) is 0 Å². The molecule has 3 rings (SSSR count). The summed E-state index contributed by atoms with van der Waals surface area (Å²) in [6.07, 6.45) is 0. The van der Waals surface area contributed by atoms with E-state index in [2.05, 4.69) is 0 Å². The number of hydrogen-bond acceptors (Lipinski definition) is 6. The fraction of sp³-hybridized carbons (Fsp3) is 0.250. The fourth-order valence-electron chi connectivity index (χ4n) is 3.29. The molecule has 176 valence electrons. The van der Waals surface area contributed by atoms with Crippen molar-refractivity contribution in [2.45, 2.75) is 41.5 Å². The number of carbonyl (C=O) groups is 3. The molecular formula is C28H28O6. The van der Waals surface area contributed by atoms with Crippen molar-refractivity contribution < 1.29 is 28.6 Å². The van der Waals surface area contributed by atoms with Crippen LogP contribution in [0.2, 0.25) is 0 Å². The number of rotatable bonds is 6. The molecule has 0 saturated heterocycles. The molecule has 0 spiro atoms. The second kappa shape index (κ2) is 10.3. The van der Waals surface area contributed by atoms with Crippen LogP contribution in [0.4, 0.5) is 0 Å². The number of aryl methyl sites for hydroxylation is 3. The summed E-state index contributed by atoms with van der Waals surface area (Å²) in [5.74, 6) is -4.37. The molecule has 6 heteroatoms. The van der Waals surface area contributed by atoms with Crippen LogP contribution < -0.4 is 14.2 Å². The lowest BCUT2D eigenvalue weighted by Crippen LogP contribution is -2.40. The van der Waals surface area contributed by atoms with Crippen LogP contribution in [-0.2, 0) is 14.4 Å². The second-order valence-electron chi connectivity index (χ2n) is 8.29. The van der Waals surface area contributed by atoms with Crippen molar-refractivity contribution >= 4 is 17.9 Å². The summed E-state index contributed by atoms with van der Waals surface area (Å²) < 4.78 is 16.4. The summed E-state index contributed by atoms with van der Waals surface area (Å²) in [6.45, 7) is 11.0. The summed E-state index contributed by atoms with van der Waals surface area (Å²) >= 11 is 0. The Labute approximate surface area is 199 Å². The van der Waals surface area contributed by atoms with Crippen LogP contribution in [0.5, 0.6) is 17.2 Å². The zero-order chi connectivity index (χ0) is 25.0. The smallest absolute Gasteiger partial charge is 0.337 e. The Morgan fingerprint density at radius 2 is 0.765 bits per heavy atom. The zero-order valence-corrected chi connectivity index (χ0v) is 20.2. The van der Waals surface area contributed by atoms with E-state index in [9.17, 15) is 14.4 Å². The van der Waals surface area contributed by atoms with Gasteiger partial charge < -0.3 is 14.2 Å². The van der Waals surface area contributed by atoms with Gasteiger partial charge in [0.1, 0.15) is 17.2 Å². The number of benzene rings is 3. The first-order valence-electron chi connectivity index (χ1n) is 10.9. The van der Waals surface area contributed by atoms with Gasteiger partial charge in [-0.05, 0) is 93.1 Å². The molecule has 0 saturated carbocycles. The van der Waals surface area contributed by atoms with Crippen molar-refractivity contribution in [3.8, 4) is 17.2 Å². The Morgan fingerprint density at radius 3 is 1.03 bits per heavy atom. The molecule has 0 atom stereocenters. The molecule has 3 aromatic rings. The molecule has 3 aromatic carbocycles. The van der Waals surface area contributed by atoms with E-state index in [1.54, 1.807) is 57.2 Å². The Morgan fingerprint density at radius 1 is 0.500 bits per heavy atom. The zero-order valence-electron chi connectivity index (χ0n) is 20.2. The van der Waals surface area contributed by atoms with Crippen molar-refractivity contribution in [2.24, 2.45) is 5.92 Å². The molecule has 0 aliphatic carbocycles. The first-order chi connectivity index (χ1) is 16.1. The molecule has 0 N–H and O–H groups in total. The van der Waals surface area contributed by atoms with Gasteiger partial charge in [-0.15, -0.1) is 0 Å². The van der Waals surface area contributed by atoms with Crippen LogP contribution in [0.15, 0.2) is 54.6 Å². The Hall–Kier alpha value is -3.93. The maximum Gasteiger partial charge on any atom is 0.337 e. The third-order valence-corrected chi connectivity index (χ3v) is 6.00. The highest BCUT2D eigenvalue weighted by Crippen LogP contribution is 2.26. The average Bonchev–Trinajstić information content (AvgIpc) is 2.78. The van der Waals surface area contributed by atoms with Gasteiger partial charge in [-0.3, -0.25) is 14.4 Å². The minimum Gasteiger partial charge on any atom is -0.425 e. The van der Waals surface area contributed by atoms with E-state index in [1.807, 2.05) is 39.0 Å². The molecule has 0 aromatic heterocycles. The lowest BCUT2D eigenvalue weighted by molar-refractivity contribution is -0.160. The standard InChI is InChI=1S/C28H28O6/c1-16-10-7-13-22(19(16)4)32-26(29)25(27(30)33-23-14-8-11-17(2)20(23)5)28(31)34-24-15-9-12-18(3)21(24)6/h7-15,25H,1-6H3. The summed E-state index contributed by atoms with van der Waals surface area (Å²) in [5.41, 5.74) is 4.87. The second-order valence-corrected chi connectivity index (χ2v) is 8.29. The largest absolute Gasteiger partial charge is 0.425 e. The molecule has 0 unspecified atom stereocenters. The van der Waals surface area contributed by atoms with E-state index in [0.717, 1.165) is 33.4 Å². The van der Waals surface area contributed by atoms with Crippen LogP contribution >= 0.6 is 0 Å². The highest BCUT2D eigenvalue weighted by molar-refractivity contribution is 6.14. The predicted molar refractivity (Wildman–Crippen MR) is 128 cm³/mol. The van der Waals surface area contributed by atoms with Crippen LogP contribution in [0.3, 0.4) is 0 Å². The maximum absolute atomic E-state index is 13.1. The number of ether oxygens (including phenoxy) is 3. The summed E-state index contributed by atoms with van der Waals surface area (Å²) in [5, 5.41) is 0. The topological polar surface area (TPSA) is 78.9 Å². The van der Waals surface area contributed by atoms with E-state index in [1.165, 1.54) is 0 Å². The van der Waals surface area contributed by atoms with E-state index >= 15 is 0 Å². The quantitative estimate of drug-likeness (QED) is 0.283. The molecule has 0 aliphatic rings. The molecule has 0 heterocycles. The van der Waals surface area contributed by atoms with Gasteiger partial charge in [-0.2, -0.15) is 0 Å². The van der Waals surface area contributed by atoms with Gasteiger partial charge in [-0.25, -0.2) is 0 Å². The number of hydrogen-bond donors (Lipinski definition) is 0. The highest BCUT2D eigenvalue weighted by Gasteiger charge is 2.40. The van der Waals surface area contributed by atoms with Gasteiger partial charge in [-0.1, -0.05) is 36.4 Å². The van der Waals surface area contributed by atoms with Gasteiger partial charge in [0.15, 0.2) is 0 Å². The number of carbonyl (C=O) groups excluding carboxylic acids is 3. The van der Waals surface area contributed by atoms with Crippen LogP contribution in [0, 0.1) is 47.5 Å². The van der Waals surface area contributed by atoms with Gasteiger partial charge in [0.2, 0.25) is 0 Å². The molecule has 0 radical (unpaired) electrons. The van der Waals surface area contributed by atoms with Crippen molar-refractivity contribution in [3.63, 3.8) is 0 Å². The molecule has 6 nitrogen and oxygen atoms in total. The minimum atomic E-state index is -1.93. The van der Waals surface area contributed by atoms with Crippen molar-refractivity contribution in [1.82, 2.24) is 0 Å². The summed E-state index contributed by atoms with van der Waals surface area (Å²) in [6, 6.07) is 15.6. The first kappa shape index (κ1) is 24.7. The molecule has 0 fully saturated rings. The van der Waals surface area contributed by atoms with Gasteiger partial charge >= 0.3 is 17.9 Å². The highest BCUT2D eigenvalue weighted by atomic mass is 16.6. The molecular weight excluding hydrogens is 432 g/mol. The van der Waals surface area contributed by atoms with Gasteiger partial charge in [0, 0.05) is 0 Å². The average molecular weight is 461 g/mol. The summed E-state index contributed by atoms with van der Waals surface area (Å²) in [7, 11) is 0. The Bertz CT molecular complexity index is 1100. The first-order valence-corrected chi connectivity index (χ1v) is 10.9. The minimum absolute atomic E-state index is 0.258.